The van der Waals surface area contributed by atoms with Crippen molar-refractivity contribution in [3.8, 4) is 0 Å². The van der Waals surface area contributed by atoms with Crippen LogP contribution in [0.4, 0.5) is 0 Å². The lowest BCUT2D eigenvalue weighted by atomic mass is 9.86. The van der Waals surface area contributed by atoms with Crippen molar-refractivity contribution in [2.45, 2.75) is 12.8 Å². The molecule has 2 aliphatic carbocycles. The summed E-state index contributed by atoms with van der Waals surface area (Å²) in [4.78, 5) is 4.55. The van der Waals surface area contributed by atoms with E-state index in [0.29, 0.717) is 0 Å². The molecule has 4 unspecified atom stereocenters. The van der Waals surface area contributed by atoms with Crippen LogP contribution in [0.25, 0.3) is 0 Å². The highest BCUT2D eigenvalue weighted by Crippen LogP contribution is 2.52. The fourth-order valence-corrected chi connectivity index (χ4v) is 5.34. The second-order valence-corrected chi connectivity index (χ2v) is 7.79. The lowest BCUT2D eigenvalue weighted by Crippen LogP contribution is -2.45. The second-order valence-electron chi connectivity index (χ2n) is 7.79. The van der Waals surface area contributed by atoms with Crippen molar-refractivity contribution in [1.29, 1.82) is 0 Å². The number of quaternary nitrogens is 1. The Kier molecular flexibility index (Phi) is 8.11. The minimum atomic E-state index is 0. The minimum absolute atomic E-state index is 0. The summed E-state index contributed by atoms with van der Waals surface area (Å²) in [5, 5.41) is 0. The average Bonchev–Trinajstić information content (AvgIpc) is 3.22. The molecule has 0 amide bonds. The summed E-state index contributed by atoms with van der Waals surface area (Å²) >= 11 is 2.15. The maximum Gasteiger partial charge on any atom is 0.0824 e. The Morgan fingerprint density at radius 2 is 1.65 bits per heavy atom. The first-order valence-electron chi connectivity index (χ1n) is 8.93. The van der Waals surface area contributed by atoms with Gasteiger partial charge in [0.25, 0.3) is 0 Å². The first-order valence-corrected chi connectivity index (χ1v) is 11.1. The molecular formula is C18H33I2N2O+. The van der Waals surface area contributed by atoms with Gasteiger partial charge in [0.05, 0.1) is 39.9 Å². The molecule has 2 saturated heterocycles. The number of fused-ring (bicyclic) bond motifs is 5. The van der Waals surface area contributed by atoms with Gasteiger partial charge >= 0.3 is 0 Å². The van der Waals surface area contributed by atoms with E-state index in [9.17, 15) is 0 Å². The summed E-state index contributed by atoms with van der Waals surface area (Å²) in [6.45, 7) is 9.70. The molecule has 2 aliphatic heterocycles. The predicted octanol–water partition coefficient (Wildman–Crippen LogP) is 3.28. The number of ether oxygens (including phenoxy) is 1. The van der Waals surface area contributed by atoms with Crippen LogP contribution >= 0.6 is 46.6 Å². The fraction of sp³-hybridized carbons (Fsp3) is 0.889. The van der Waals surface area contributed by atoms with Crippen molar-refractivity contribution in [2.24, 2.45) is 23.7 Å². The van der Waals surface area contributed by atoms with Crippen molar-refractivity contribution in [1.82, 2.24) is 4.90 Å². The largest absolute Gasteiger partial charge is 0.379 e. The zero-order chi connectivity index (χ0) is 15.6. The van der Waals surface area contributed by atoms with Crippen LogP contribution in [0, 0.1) is 23.7 Å². The van der Waals surface area contributed by atoms with E-state index >= 15 is 0 Å². The summed E-state index contributed by atoms with van der Waals surface area (Å²) in [5.74, 6) is 3.89. The molecule has 4 rings (SSSR count). The first kappa shape index (κ1) is 20.4. The summed E-state index contributed by atoms with van der Waals surface area (Å²) in [6.07, 6.45) is 7.88. The third kappa shape index (κ3) is 4.63. The molecule has 4 atom stereocenters. The van der Waals surface area contributed by atoms with Gasteiger partial charge < -0.3 is 9.22 Å². The van der Waals surface area contributed by atoms with Crippen LogP contribution in [-0.4, -0.2) is 73.8 Å². The van der Waals surface area contributed by atoms with Gasteiger partial charge in [-0.05, 0) is 23.2 Å². The van der Waals surface area contributed by atoms with Gasteiger partial charge in [-0.15, -0.1) is 24.0 Å². The van der Waals surface area contributed by atoms with E-state index in [2.05, 4.69) is 46.7 Å². The van der Waals surface area contributed by atoms with Gasteiger partial charge in [-0.3, -0.25) is 4.90 Å². The van der Waals surface area contributed by atoms with Gasteiger partial charge in [-0.2, -0.15) is 0 Å². The van der Waals surface area contributed by atoms with Gasteiger partial charge in [-0.25, -0.2) is 0 Å². The molecular weight excluding hydrogens is 514 g/mol. The summed E-state index contributed by atoms with van der Waals surface area (Å²) < 4.78 is 6.77. The van der Waals surface area contributed by atoms with Gasteiger partial charge in [-0.1, -0.05) is 34.7 Å². The van der Waals surface area contributed by atoms with Crippen molar-refractivity contribution < 1.29 is 9.22 Å². The number of hydrogen-bond acceptors (Lipinski definition) is 2. The maximum absolute atomic E-state index is 5.43. The Hall–Kier alpha value is 1.08. The van der Waals surface area contributed by atoms with Gasteiger partial charge in [0.1, 0.15) is 0 Å². The third-order valence-corrected chi connectivity index (χ3v) is 6.38. The Balaban J connectivity index is 0.000000617. The standard InChI is InChI=1S/C17H29N2O.CH3I.HI/c1-19(8-2-5-18-6-9-20-10-7-18)12-16-14-3-4-15(11-14)17(16)13-19;1-2;/h3-4,14-17H,2,5-13H2,1H3;1H3;1H/q+1;;. The normalized spacial score (nSPS) is 41.2. The molecule has 0 aromatic carbocycles. The summed E-state index contributed by atoms with van der Waals surface area (Å²) in [7, 11) is 2.51. The summed E-state index contributed by atoms with van der Waals surface area (Å²) in [5.41, 5.74) is 0. The molecule has 2 bridgehead atoms. The van der Waals surface area contributed by atoms with Crippen LogP contribution in [0.3, 0.4) is 0 Å². The average molecular weight is 547 g/mol. The number of hydrogen-bond donors (Lipinski definition) is 0. The fourth-order valence-electron chi connectivity index (χ4n) is 5.34. The molecule has 3 fully saturated rings. The third-order valence-electron chi connectivity index (χ3n) is 6.38. The van der Waals surface area contributed by atoms with Crippen LogP contribution in [0.15, 0.2) is 12.2 Å². The number of halogens is 2. The van der Waals surface area contributed by atoms with E-state index < -0.39 is 0 Å². The molecule has 0 aromatic rings. The molecule has 0 aromatic heterocycles. The van der Waals surface area contributed by atoms with Gasteiger partial charge in [0.2, 0.25) is 0 Å². The number of likely N-dealkylation sites (tertiary alicyclic amines) is 1. The van der Waals surface area contributed by atoms with Crippen molar-refractivity contribution in [3.05, 3.63) is 12.2 Å². The van der Waals surface area contributed by atoms with Gasteiger partial charge in [0.15, 0.2) is 0 Å². The molecule has 1 saturated carbocycles. The first-order chi connectivity index (χ1) is 10.7. The zero-order valence-electron chi connectivity index (χ0n) is 14.6. The molecule has 0 spiro atoms. The molecule has 134 valence electrons. The monoisotopic (exact) mass is 547 g/mol. The Morgan fingerprint density at radius 1 is 1.09 bits per heavy atom. The second kappa shape index (κ2) is 9.14. The highest BCUT2D eigenvalue weighted by molar-refractivity contribution is 14.1. The van der Waals surface area contributed by atoms with Crippen LogP contribution < -0.4 is 0 Å². The Labute approximate surface area is 172 Å². The van der Waals surface area contributed by atoms with Crippen LogP contribution in [0.1, 0.15) is 12.8 Å². The minimum Gasteiger partial charge on any atom is -0.379 e. The molecule has 23 heavy (non-hydrogen) atoms. The number of rotatable bonds is 4. The van der Waals surface area contributed by atoms with Crippen molar-refractivity contribution >= 4 is 46.6 Å². The van der Waals surface area contributed by atoms with Crippen molar-refractivity contribution in [2.75, 3.05) is 64.5 Å². The van der Waals surface area contributed by atoms with E-state index in [4.69, 9.17) is 4.74 Å². The lowest BCUT2D eigenvalue weighted by molar-refractivity contribution is -0.901. The Bertz CT molecular complexity index is 378. The SMILES string of the molecule is CI.C[N+]1(CCCN2CCOCC2)CC2C3C=CC(C3)C2C1.I. The quantitative estimate of drug-likeness (QED) is 0.232. The molecule has 4 aliphatic rings. The Morgan fingerprint density at radius 3 is 2.22 bits per heavy atom. The molecule has 5 heteroatoms. The lowest BCUT2D eigenvalue weighted by Gasteiger charge is -2.33. The van der Waals surface area contributed by atoms with Crippen LogP contribution in [0.5, 0.6) is 0 Å². The number of nitrogens with zero attached hydrogens (tertiary/aromatic N) is 2. The topological polar surface area (TPSA) is 12.5 Å². The number of morpholine rings is 1. The molecule has 3 nitrogen and oxygen atoms in total. The summed E-state index contributed by atoms with van der Waals surface area (Å²) in [6, 6.07) is 0. The highest BCUT2D eigenvalue weighted by atomic mass is 127. The molecule has 2 heterocycles. The number of alkyl halides is 1. The van der Waals surface area contributed by atoms with E-state index in [1.165, 1.54) is 43.5 Å². The molecule has 0 radical (unpaired) electrons. The van der Waals surface area contributed by atoms with E-state index in [1.807, 2.05) is 4.93 Å². The zero-order valence-corrected chi connectivity index (χ0v) is 19.1. The van der Waals surface area contributed by atoms with Crippen LogP contribution in [-0.2, 0) is 4.74 Å². The van der Waals surface area contributed by atoms with Gasteiger partial charge in [0, 0.05) is 37.9 Å². The molecule has 0 N–H and O–H groups in total. The number of allylic oxidation sites excluding steroid dienone is 2. The van der Waals surface area contributed by atoms with Crippen LogP contribution in [0.2, 0.25) is 0 Å². The predicted molar refractivity (Wildman–Crippen MR) is 116 cm³/mol. The smallest absolute Gasteiger partial charge is 0.0824 e. The van der Waals surface area contributed by atoms with E-state index in [1.54, 1.807) is 0 Å². The highest BCUT2D eigenvalue weighted by Gasteiger charge is 2.54. The van der Waals surface area contributed by atoms with Crippen molar-refractivity contribution in [3.63, 3.8) is 0 Å². The van der Waals surface area contributed by atoms with E-state index in [-0.39, 0.29) is 24.0 Å². The maximum atomic E-state index is 5.43. The van der Waals surface area contributed by atoms with E-state index in [0.717, 1.165) is 50.0 Å².